The number of fused-ring (bicyclic) bond motifs is 3. The molecule has 4 aromatic heterocycles. The van der Waals surface area contributed by atoms with E-state index in [0.29, 0.717) is 42.3 Å². The second-order valence-electron chi connectivity index (χ2n) is 8.95. The number of benzene rings is 1. The van der Waals surface area contributed by atoms with Crippen molar-refractivity contribution in [1.29, 1.82) is 0 Å². The molecule has 0 aliphatic heterocycles. The third-order valence-corrected chi connectivity index (χ3v) is 6.76. The topological polar surface area (TPSA) is 130 Å². The van der Waals surface area contributed by atoms with Gasteiger partial charge in [0, 0.05) is 33.2 Å². The van der Waals surface area contributed by atoms with Crippen LogP contribution < -0.4 is 10.6 Å². The Morgan fingerprint density at radius 2 is 2.05 bits per heavy atom. The van der Waals surface area contributed by atoms with Gasteiger partial charge >= 0.3 is 0 Å². The van der Waals surface area contributed by atoms with Crippen molar-refractivity contribution in [3.05, 3.63) is 65.1 Å². The van der Waals surface area contributed by atoms with Crippen LogP contribution in [-0.4, -0.2) is 56.3 Å². The zero-order valence-corrected chi connectivity index (χ0v) is 22.0. The maximum absolute atomic E-state index is 13.1. The smallest absolute Gasteiger partial charge is 0.255 e. The fourth-order valence-corrected chi connectivity index (χ4v) is 4.74. The number of aromatic nitrogens is 5. The van der Waals surface area contributed by atoms with Crippen LogP contribution >= 0.6 is 11.6 Å². The van der Waals surface area contributed by atoms with Gasteiger partial charge in [-0.25, -0.2) is 15.0 Å². The summed E-state index contributed by atoms with van der Waals surface area (Å²) in [5.74, 6) is -0.00182. The molecule has 0 spiro atoms. The summed E-state index contributed by atoms with van der Waals surface area (Å²) < 4.78 is 7.19. The molecule has 196 valence electrons. The summed E-state index contributed by atoms with van der Waals surface area (Å²) in [4.78, 5) is 30.6. The summed E-state index contributed by atoms with van der Waals surface area (Å²) >= 11 is 6.02. The number of halogens is 1. The van der Waals surface area contributed by atoms with Gasteiger partial charge in [0.1, 0.15) is 16.9 Å². The molecule has 5 aromatic rings. The SMILES string of the molecule is CNc1nc2[nH]c(-c3cccc([C@H](CCCOC)NC(=O)c4cccc(Cl)c4O)n3)cc2c2c1ncn2C. The monoisotopic (exact) mass is 533 g/mol. The van der Waals surface area contributed by atoms with Crippen LogP contribution in [0.25, 0.3) is 33.5 Å². The predicted octanol–water partition coefficient (Wildman–Crippen LogP) is 4.81. The van der Waals surface area contributed by atoms with Crippen LogP contribution in [-0.2, 0) is 11.8 Å². The van der Waals surface area contributed by atoms with E-state index < -0.39 is 11.9 Å². The summed E-state index contributed by atoms with van der Waals surface area (Å²) in [7, 11) is 5.40. The van der Waals surface area contributed by atoms with E-state index in [1.807, 2.05) is 42.9 Å². The number of nitrogens with zero attached hydrogens (tertiary/aromatic N) is 4. The van der Waals surface area contributed by atoms with E-state index in [1.54, 1.807) is 19.5 Å². The lowest BCUT2D eigenvalue weighted by atomic mass is 10.1. The Morgan fingerprint density at radius 1 is 1.24 bits per heavy atom. The zero-order valence-electron chi connectivity index (χ0n) is 21.2. The predicted molar refractivity (Wildman–Crippen MR) is 148 cm³/mol. The Bertz CT molecular complexity index is 1630. The first-order valence-electron chi connectivity index (χ1n) is 12.2. The van der Waals surface area contributed by atoms with Crippen LogP contribution in [0.1, 0.15) is 34.9 Å². The Hall–Kier alpha value is -4.15. The average Bonchev–Trinajstić information content (AvgIpc) is 3.52. The van der Waals surface area contributed by atoms with Crippen LogP contribution in [0, 0.1) is 0 Å². The normalized spacial score (nSPS) is 12.2. The third-order valence-electron chi connectivity index (χ3n) is 6.46. The minimum absolute atomic E-state index is 0.104. The number of phenols is 1. The maximum Gasteiger partial charge on any atom is 0.255 e. The molecule has 0 saturated heterocycles. The molecule has 0 bridgehead atoms. The van der Waals surface area contributed by atoms with Gasteiger partial charge in [0.05, 0.1) is 45.6 Å². The number of pyridine rings is 2. The third kappa shape index (κ3) is 4.75. The molecule has 1 aromatic carbocycles. The Morgan fingerprint density at radius 3 is 2.84 bits per heavy atom. The first-order valence-corrected chi connectivity index (χ1v) is 12.5. The number of ether oxygens (including phenoxy) is 1. The van der Waals surface area contributed by atoms with Gasteiger partial charge in [0.15, 0.2) is 5.82 Å². The van der Waals surface area contributed by atoms with Gasteiger partial charge in [0.25, 0.3) is 5.91 Å². The number of aryl methyl sites for hydroxylation is 1. The number of amides is 1. The lowest BCUT2D eigenvalue weighted by Gasteiger charge is -2.19. The average molecular weight is 534 g/mol. The molecule has 0 radical (unpaired) electrons. The van der Waals surface area contributed by atoms with Gasteiger partial charge in [-0.05, 0) is 43.2 Å². The van der Waals surface area contributed by atoms with Crippen molar-refractivity contribution in [2.24, 2.45) is 7.05 Å². The second-order valence-corrected chi connectivity index (χ2v) is 9.36. The quantitative estimate of drug-likeness (QED) is 0.200. The summed E-state index contributed by atoms with van der Waals surface area (Å²) in [6.45, 7) is 0.538. The number of aromatic amines is 1. The second kappa shape index (κ2) is 10.7. The number of hydrogen-bond acceptors (Lipinski definition) is 7. The highest BCUT2D eigenvalue weighted by atomic mass is 35.5. The van der Waals surface area contributed by atoms with Crippen molar-refractivity contribution in [1.82, 2.24) is 29.8 Å². The highest BCUT2D eigenvalue weighted by molar-refractivity contribution is 6.32. The molecule has 0 fully saturated rings. The van der Waals surface area contributed by atoms with Crippen molar-refractivity contribution in [2.75, 3.05) is 26.1 Å². The van der Waals surface area contributed by atoms with Crippen LogP contribution in [0.3, 0.4) is 0 Å². The van der Waals surface area contributed by atoms with E-state index in [4.69, 9.17) is 26.3 Å². The van der Waals surface area contributed by atoms with Gasteiger partial charge in [-0.2, -0.15) is 0 Å². The molecular weight excluding hydrogens is 506 g/mol. The first kappa shape index (κ1) is 25.5. The summed E-state index contributed by atoms with van der Waals surface area (Å²) in [5.41, 5.74) is 4.75. The molecule has 38 heavy (non-hydrogen) atoms. The van der Waals surface area contributed by atoms with Crippen molar-refractivity contribution in [2.45, 2.75) is 18.9 Å². The number of aromatic hydroxyl groups is 1. The number of imidazole rings is 1. The molecule has 1 atom stereocenters. The molecule has 0 aliphatic rings. The van der Waals surface area contributed by atoms with Crippen molar-refractivity contribution < 1.29 is 14.6 Å². The van der Waals surface area contributed by atoms with E-state index in [-0.39, 0.29) is 16.3 Å². The summed E-state index contributed by atoms with van der Waals surface area (Å²) in [6, 6.07) is 12.0. The molecule has 0 saturated carbocycles. The van der Waals surface area contributed by atoms with Crippen LogP contribution in [0.5, 0.6) is 5.75 Å². The number of para-hydroxylation sites is 1. The molecule has 5 rings (SSSR count). The number of carbonyl (C=O) groups excluding carboxylic acids is 1. The van der Waals surface area contributed by atoms with E-state index in [0.717, 1.165) is 22.1 Å². The number of H-pyrrole nitrogens is 1. The van der Waals surface area contributed by atoms with Gasteiger partial charge in [-0.3, -0.25) is 4.79 Å². The van der Waals surface area contributed by atoms with Crippen molar-refractivity contribution >= 4 is 45.4 Å². The molecule has 1 amide bonds. The lowest BCUT2D eigenvalue weighted by molar-refractivity contribution is 0.0927. The number of anilines is 1. The summed E-state index contributed by atoms with van der Waals surface area (Å²) in [6.07, 6.45) is 3.06. The Kier molecular flexibility index (Phi) is 7.17. The van der Waals surface area contributed by atoms with Crippen LogP contribution in [0.2, 0.25) is 5.02 Å². The summed E-state index contributed by atoms with van der Waals surface area (Å²) in [5, 5.41) is 17.5. The maximum atomic E-state index is 13.1. The van der Waals surface area contributed by atoms with E-state index in [9.17, 15) is 9.90 Å². The van der Waals surface area contributed by atoms with E-state index in [1.165, 1.54) is 12.1 Å². The molecule has 0 unspecified atom stereocenters. The van der Waals surface area contributed by atoms with Crippen molar-refractivity contribution in [3.63, 3.8) is 0 Å². The van der Waals surface area contributed by atoms with Crippen LogP contribution in [0.15, 0.2) is 48.8 Å². The molecular formula is C27H28ClN7O3. The molecule has 0 aliphatic carbocycles. The Balaban J connectivity index is 1.51. The fraction of sp³-hybridized carbons (Fsp3) is 0.259. The van der Waals surface area contributed by atoms with Gasteiger partial charge in [-0.1, -0.05) is 23.7 Å². The largest absolute Gasteiger partial charge is 0.506 e. The number of carbonyl (C=O) groups is 1. The van der Waals surface area contributed by atoms with E-state index in [2.05, 4.69) is 20.6 Å². The number of hydrogen-bond donors (Lipinski definition) is 4. The Labute approximate surface area is 224 Å². The number of phenolic OH excluding ortho intramolecular Hbond substituents is 1. The molecule has 4 heterocycles. The molecule has 11 heteroatoms. The fourth-order valence-electron chi connectivity index (χ4n) is 4.57. The van der Waals surface area contributed by atoms with E-state index >= 15 is 0 Å². The standard InChI is InChI=1S/C27H28ClN7O3/c1-29-26-22-23(35(2)14-30-22)16-13-21(32-25(16)34-26)20-10-5-9-18(31-20)19(11-6-12-38-3)33-27(37)15-7-4-8-17(28)24(15)36/h4-5,7-10,13-14,19,36H,6,11-12H2,1-3H3,(H,33,37)(H2,29,32,34)/t19-/m0/s1. The number of methoxy groups -OCH3 is 1. The minimum atomic E-state index is -0.437. The number of nitrogens with one attached hydrogen (secondary N) is 3. The molecule has 10 nitrogen and oxygen atoms in total. The highest BCUT2D eigenvalue weighted by Gasteiger charge is 2.21. The lowest BCUT2D eigenvalue weighted by Crippen LogP contribution is -2.29. The highest BCUT2D eigenvalue weighted by Crippen LogP contribution is 2.32. The molecule has 4 N–H and O–H groups in total. The first-order chi connectivity index (χ1) is 18.4. The minimum Gasteiger partial charge on any atom is -0.506 e. The van der Waals surface area contributed by atoms with Gasteiger partial charge in [-0.15, -0.1) is 0 Å². The van der Waals surface area contributed by atoms with Crippen LogP contribution in [0.4, 0.5) is 5.82 Å². The number of rotatable bonds is 9. The zero-order chi connectivity index (χ0) is 26.8. The van der Waals surface area contributed by atoms with Crippen molar-refractivity contribution in [3.8, 4) is 17.1 Å². The van der Waals surface area contributed by atoms with Gasteiger partial charge < -0.3 is 30.0 Å². The van der Waals surface area contributed by atoms with Gasteiger partial charge in [0.2, 0.25) is 0 Å².